The molecule has 8 heteroatoms. The number of aromatic nitrogens is 1. The van der Waals surface area contributed by atoms with Gasteiger partial charge in [-0.2, -0.15) is 5.10 Å². The molecule has 0 radical (unpaired) electrons. The Morgan fingerprint density at radius 2 is 1.90 bits per heavy atom. The fourth-order valence-corrected chi connectivity index (χ4v) is 2.87. The van der Waals surface area contributed by atoms with E-state index in [9.17, 15) is 4.79 Å². The number of halogens is 2. The van der Waals surface area contributed by atoms with Gasteiger partial charge in [-0.05, 0) is 48.0 Å². The number of rotatable bonds is 7. The third-order valence-corrected chi connectivity index (χ3v) is 4.50. The number of carbonyl (C=O) groups excluding carboxylic acids is 1. The Labute approximate surface area is 178 Å². The molecule has 0 saturated heterocycles. The first-order valence-electron chi connectivity index (χ1n) is 8.55. The molecule has 29 heavy (non-hydrogen) atoms. The molecule has 1 amide bonds. The van der Waals surface area contributed by atoms with Gasteiger partial charge in [0.05, 0.1) is 13.3 Å². The minimum Gasteiger partial charge on any atom is -0.493 e. The summed E-state index contributed by atoms with van der Waals surface area (Å²) in [5.74, 6) is 0.756. The summed E-state index contributed by atoms with van der Waals surface area (Å²) < 4.78 is 11.2. The number of hydrazone groups is 1. The monoisotopic (exact) mass is 429 g/mol. The fourth-order valence-electron chi connectivity index (χ4n) is 2.41. The molecule has 3 aromatic rings. The van der Waals surface area contributed by atoms with E-state index in [0.29, 0.717) is 27.1 Å². The maximum absolute atomic E-state index is 12.0. The highest BCUT2D eigenvalue weighted by Gasteiger charge is 2.08. The quantitative estimate of drug-likeness (QED) is 0.434. The Kier molecular flexibility index (Phi) is 7.05. The van der Waals surface area contributed by atoms with Crippen LogP contribution in [0, 0.1) is 0 Å². The van der Waals surface area contributed by atoms with Crippen LogP contribution in [0.5, 0.6) is 11.5 Å². The smallest absolute Gasteiger partial charge is 0.271 e. The third kappa shape index (κ3) is 5.70. The summed E-state index contributed by atoms with van der Waals surface area (Å²) in [6, 6.07) is 13.7. The second kappa shape index (κ2) is 9.91. The minimum atomic E-state index is -0.324. The first-order chi connectivity index (χ1) is 14.1. The fraction of sp³-hybridized carbons (Fsp3) is 0.0952. The molecule has 0 bridgehead atoms. The van der Waals surface area contributed by atoms with Crippen LogP contribution in [0.3, 0.4) is 0 Å². The molecule has 0 spiro atoms. The summed E-state index contributed by atoms with van der Waals surface area (Å²) in [6.07, 6.45) is 4.60. The number of methoxy groups -OCH3 is 1. The van der Waals surface area contributed by atoms with E-state index in [1.807, 2.05) is 6.07 Å². The number of nitrogens with zero attached hydrogens (tertiary/aromatic N) is 2. The van der Waals surface area contributed by atoms with Gasteiger partial charge in [0.2, 0.25) is 0 Å². The number of pyridine rings is 1. The molecule has 0 fully saturated rings. The molecule has 0 aliphatic carbocycles. The van der Waals surface area contributed by atoms with Gasteiger partial charge in [0.1, 0.15) is 6.61 Å². The summed E-state index contributed by atoms with van der Waals surface area (Å²) in [5, 5.41) is 5.06. The van der Waals surface area contributed by atoms with E-state index in [0.717, 1.165) is 11.1 Å². The lowest BCUT2D eigenvalue weighted by atomic mass is 10.2. The van der Waals surface area contributed by atoms with Gasteiger partial charge in [0.15, 0.2) is 11.5 Å². The van der Waals surface area contributed by atoms with Crippen LogP contribution in [0.2, 0.25) is 10.0 Å². The van der Waals surface area contributed by atoms with Crippen LogP contribution in [-0.4, -0.2) is 24.2 Å². The Balaban J connectivity index is 1.64. The Morgan fingerprint density at radius 3 is 2.62 bits per heavy atom. The molecule has 0 aliphatic heterocycles. The van der Waals surface area contributed by atoms with Crippen molar-refractivity contribution in [2.75, 3.05) is 7.11 Å². The zero-order valence-electron chi connectivity index (χ0n) is 15.4. The van der Waals surface area contributed by atoms with Gasteiger partial charge in [0.25, 0.3) is 5.91 Å². The van der Waals surface area contributed by atoms with Crippen LogP contribution in [-0.2, 0) is 6.61 Å². The lowest BCUT2D eigenvalue weighted by Crippen LogP contribution is -2.17. The molecule has 0 atom stereocenters. The van der Waals surface area contributed by atoms with Gasteiger partial charge >= 0.3 is 0 Å². The van der Waals surface area contributed by atoms with E-state index < -0.39 is 0 Å². The Morgan fingerprint density at radius 1 is 1.10 bits per heavy atom. The number of benzene rings is 2. The second-order valence-corrected chi connectivity index (χ2v) is 6.71. The molecule has 148 valence electrons. The van der Waals surface area contributed by atoms with E-state index in [1.54, 1.807) is 62.0 Å². The normalized spacial score (nSPS) is 10.7. The van der Waals surface area contributed by atoms with Crippen molar-refractivity contribution in [1.82, 2.24) is 10.4 Å². The predicted molar refractivity (Wildman–Crippen MR) is 113 cm³/mol. The van der Waals surface area contributed by atoms with E-state index in [1.165, 1.54) is 6.21 Å². The largest absolute Gasteiger partial charge is 0.493 e. The maximum atomic E-state index is 12.0. The molecule has 1 heterocycles. The van der Waals surface area contributed by atoms with Gasteiger partial charge in [-0.1, -0.05) is 29.3 Å². The van der Waals surface area contributed by atoms with Crippen molar-refractivity contribution in [1.29, 1.82) is 0 Å². The van der Waals surface area contributed by atoms with E-state index >= 15 is 0 Å². The highest BCUT2D eigenvalue weighted by atomic mass is 35.5. The van der Waals surface area contributed by atoms with Crippen molar-refractivity contribution < 1.29 is 14.3 Å². The molecule has 3 rings (SSSR count). The molecule has 1 aromatic heterocycles. The predicted octanol–water partition coefficient (Wildman–Crippen LogP) is 4.74. The van der Waals surface area contributed by atoms with E-state index in [2.05, 4.69) is 15.5 Å². The molecular weight excluding hydrogens is 413 g/mol. The van der Waals surface area contributed by atoms with Crippen molar-refractivity contribution in [3.05, 3.63) is 87.7 Å². The van der Waals surface area contributed by atoms with Crippen LogP contribution < -0.4 is 14.9 Å². The number of hydrogen-bond acceptors (Lipinski definition) is 5. The number of hydrogen-bond donors (Lipinski definition) is 1. The molecule has 0 unspecified atom stereocenters. The van der Waals surface area contributed by atoms with Crippen molar-refractivity contribution in [3.63, 3.8) is 0 Å². The van der Waals surface area contributed by atoms with Gasteiger partial charge in [-0.15, -0.1) is 0 Å². The van der Waals surface area contributed by atoms with Gasteiger partial charge < -0.3 is 9.47 Å². The molecule has 2 aromatic carbocycles. The van der Waals surface area contributed by atoms with Crippen LogP contribution in [0.4, 0.5) is 0 Å². The zero-order chi connectivity index (χ0) is 20.6. The number of ether oxygens (including phenoxy) is 2. The first kappa shape index (κ1) is 20.6. The average Bonchev–Trinajstić information content (AvgIpc) is 2.74. The van der Waals surface area contributed by atoms with E-state index in [4.69, 9.17) is 32.7 Å². The zero-order valence-corrected chi connectivity index (χ0v) is 16.9. The topological polar surface area (TPSA) is 72.8 Å². The van der Waals surface area contributed by atoms with E-state index in [-0.39, 0.29) is 12.5 Å². The maximum Gasteiger partial charge on any atom is 0.271 e. The SMILES string of the molecule is COc1cc(C=NNC(=O)c2ccncc2)ccc1OCc1ccc(Cl)cc1Cl. The molecular formula is C21H17Cl2N3O3. The number of nitrogens with one attached hydrogen (secondary N) is 1. The van der Waals surface area contributed by atoms with Gasteiger partial charge in [-0.25, -0.2) is 5.43 Å². The van der Waals surface area contributed by atoms with Crippen molar-refractivity contribution in [2.45, 2.75) is 6.61 Å². The average molecular weight is 430 g/mol. The lowest BCUT2D eigenvalue weighted by molar-refractivity contribution is 0.0955. The Hall–Kier alpha value is -3.09. The number of carbonyl (C=O) groups is 1. The summed E-state index contributed by atoms with van der Waals surface area (Å²) >= 11 is 12.1. The summed E-state index contributed by atoms with van der Waals surface area (Å²) in [6.45, 7) is 0.266. The second-order valence-electron chi connectivity index (χ2n) is 5.87. The van der Waals surface area contributed by atoms with Crippen molar-refractivity contribution >= 4 is 35.3 Å². The van der Waals surface area contributed by atoms with Crippen LogP contribution in [0.15, 0.2) is 66.0 Å². The van der Waals surface area contributed by atoms with Crippen molar-refractivity contribution in [2.24, 2.45) is 5.10 Å². The standard InChI is InChI=1S/C21H17Cl2N3O3/c1-28-20-10-14(12-25-26-21(27)15-6-8-24-9-7-15)2-5-19(20)29-13-16-3-4-17(22)11-18(16)23/h2-12H,13H2,1H3,(H,26,27). The van der Waals surface area contributed by atoms with Crippen molar-refractivity contribution in [3.8, 4) is 11.5 Å². The molecule has 0 saturated carbocycles. The molecule has 1 N–H and O–H groups in total. The summed E-state index contributed by atoms with van der Waals surface area (Å²) in [4.78, 5) is 15.8. The van der Waals surface area contributed by atoms with Gasteiger partial charge in [-0.3, -0.25) is 9.78 Å². The highest BCUT2D eigenvalue weighted by molar-refractivity contribution is 6.35. The minimum absolute atomic E-state index is 0.266. The lowest BCUT2D eigenvalue weighted by Gasteiger charge is -2.12. The van der Waals surface area contributed by atoms with Crippen LogP contribution in [0.25, 0.3) is 0 Å². The third-order valence-electron chi connectivity index (χ3n) is 3.91. The molecule has 0 aliphatic rings. The number of amides is 1. The Bertz CT molecular complexity index is 1030. The first-order valence-corrected chi connectivity index (χ1v) is 9.30. The van der Waals surface area contributed by atoms with Crippen LogP contribution in [0.1, 0.15) is 21.5 Å². The summed E-state index contributed by atoms with van der Waals surface area (Å²) in [7, 11) is 1.55. The molecule has 6 nitrogen and oxygen atoms in total. The summed E-state index contributed by atoms with van der Waals surface area (Å²) in [5.41, 5.74) is 4.47. The van der Waals surface area contributed by atoms with Crippen LogP contribution >= 0.6 is 23.2 Å². The van der Waals surface area contributed by atoms with Gasteiger partial charge in [0, 0.05) is 33.6 Å². The highest BCUT2D eigenvalue weighted by Crippen LogP contribution is 2.29.